The second-order valence-corrected chi connectivity index (χ2v) is 7.26. The highest BCUT2D eigenvalue weighted by Crippen LogP contribution is 2.29. The Kier molecular flexibility index (Phi) is 7.55. The number of benzene rings is 2. The molecule has 0 aliphatic carbocycles. The van der Waals surface area contributed by atoms with E-state index in [9.17, 15) is 4.79 Å². The lowest BCUT2D eigenvalue weighted by Crippen LogP contribution is -2.15. The predicted molar refractivity (Wildman–Crippen MR) is 129 cm³/mol. The highest BCUT2D eigenvalue weighted by molar-refractivity contribution is 6.18. The molecule has 1 amide bonds. The van der Waals surface area contributed by atoms with Crippen molar-refractivity contribution < 1.29 is 4.79 Å². The van der Waals surface area contributed by atoms with Gasteiger partial charge in [0.05, 0.1) is 22.6 Å². The second-order valence-electron chi connectivity index (χ2n) is 7.26. The zero-order valence-corrected chi connectivity index (χ0v) is 18.6. The first kappa shape index (κ1) is 22.2. The Morgan fingerprint density at radius 1 is 1.13 bits per heavy atom. The van der Waals surface area contributed by atoms with Crippen molar-refractivity contribution in [2.24, 2.45) is 4.99 Å². The van der Waals surface area contributed by atoms with E-state index in [4.69, 9.17) is 4.98 Å². The Morgan fingerprint density at radius 2 is 1.87 bits per heavy atom. The maximum atomic E-state index is 12.7. The molecular weight excluding hydrogens is 384 g/mol. The number of rotatable bonds is 5. The van der Waals surface area contributed by atoms with Crippen LogP contribution in [0.5, 0.6) is 0 Å². The monoisotopic (exact) mass is 414 g/mol. The van der Waals surface area contributed by atoms with Crippen molar-refractivity contribution in [2.75, 3.05) is 5.32 Å². The van der Waals surface area contributed by atoms with E-state index in [0.29, 0.717) is 5.57 Å². The molecule has 2 heterocycles. The van der Waals surface area contributed by atoms with Crippen molar-refractivity contribution >= 4 is 23.5 Å². The first-order valence-corrected chi connectivity index (χ1v) is 10.9. The number of amides is 1. The maximum Gasteiger partial charge on any atom is 0.256 e. The average Bonchev–Trinajstić information content (AvgIpc) is 3.24. The summed E-state index contributed by atoms with van der Waals surface area (Å²) in [5, 5.41) is 2.96. The van der Waals surface area contributed by atoms with Gasteiger partial charge in [-0.2, -0.15) is 0 Å². The Morgan fingerprint density at radius 3 is 2.65 bits per heavy atom. The summed E-state index contributed by atoms with van der Waals surface area (Å²) in [5.41, 5.74) is 4.69. The van der Waals surface area contributed by atoms with Crippen molar-refractivity contribution in [3.63, 3.8) is 0 Å². The first-order chi connectivity index (χ1) is 15.1. The van der Waals surface area contributed by atoms with Crippen LogP contribution in [-0.4, -0.2) is 21.7 Å². The molecule has 0 radical (unpaired) electrons. The quantitative estimate of drug-likeness (QED) is 0.404. The third-order valence-corrected chi connectivity index (χ3v) is 5.13. The number of carbonyl (C=O) groups is 1. The second kappa shape index (κ2) is 10.5. The molecule has 1 N–H and O–H groups in total. The highest BCUT2D eigenvalue weighted by Gasteiger charge is 2.16. The zero-order valence-electron chi connectivity index (χ0n) is 18.6. The molecule has 0 unspecified atom stereocenters. The fraction of sp³-hybridized carbons (Fsp3) is 0.269. The average molecular weight is 415 g/mol. The maximum absolute atomic E-state index is 12.7. The number of carbonyl (C=O) groups excluding carboxylic acids is 1. The van der Waals surface area contributed by atoms with Crippen LogP contribution >= 0.6 is 0 Å². The largest absolute Gasteiger partial charge is 0.334 e. The molecule has 0 saturated carbocycles. The van der Waals surface area contributed by atoms with Crippen LogP contribution in [0.3, 0.4) is 0 Å². The van der Waals surface area contributed by atoms with E-state index in [1.165, 1.54) is 19.1 Å². The molecule has 3 aromatic rings. The summed E-state index contributed by atoms with van der Waals surface area (Å²) >= 11 is 0. The van der Waals surface area contributed by atoms with Gasteiger partial charge in [-0.05, 0) is 37.5 Å². The number of aryl methyl sites for hydroxylation is 3. The van der Waals surface area contributed by atoms with Gasteiger partial charge in [-0.25, -0.2) is 4.98 Å². The van der Waals surface area contributed by atoms with Crippen molar-refractivity contribution in [1.82, 2.24) is 9.55 Å². The number of aliphatic imine (C=N–C) groups is 1. The number of hydrogen-bond donors (Lipinski definition) is 1. The van der Waals surface area contributed by atoms with Gasteiger partial charge in [0.25, 0.3) is 5.91 Å². The minimum absolute atomic E-state index is 0.279. The smallest absolute Gasteiger partial charge is 0.256 e. The van der Waals surface area contributed by atoms with E-state index < -0.39 is 0 Å². The molecule has 31 heavy (non-hydrogen) atoms. The number of anilines is 1. The fourth-order valence-electron chi connectivity index (χ4n) is 3.47. The molecule has 0 saturated heterocycles. The summed E-state index contributed by atoms with van der Waals surface area (Å²) < 4.78 is 2.21. The minimum Gasteiger partial charge on any atom is -0.334 e. The number of nitrogens with zero attached hydrogens (tertiary/aromatic N) is 3. The summed E-state index contributed by atoms with van der Waals surface area (Å²) in [6, 6.07) is 15.5. The first-order valence-electron chi connectivity index (χ1n) is 10.9. The Labute approximate surface area is 184 Å². The normalized spacial score (nSPS) is 12.6. The van der Waals surface area contributed by atoms with Gasteiger partial charge >= 0.3 is 0 Å². The third kappa shape index (κ3) is 5.37. The number of hydrogen-bond acceptors (Lipinski definition) is 3. The summed E-state index contributed by atoms with van der Waals surface area (Å²) in [6.45, 7) is 10.9. The van der Waals surface area contributed by atoms with Crippen LogP contribution in [0.2, 0.25) is 0 Å². The van der Waals surface area contributed by atoms with E-state index in [2.05, 4.69) is 27.7 Å². The number of para-hydroxylation sites is 2. The molecule has 1 aliphatic rings. The van der Waals surface area contributed by atoms with Gasteiger partial charge in [0.15, 0.2) is 0 Å². The van der Waals surface area contributed by atoms with Crippen LogP contribution < -0.4 is 5.32 Å². The molecule has 2 aromatic carbocycles. The molecule has 4 rings (SSSR count). The van der Waals surface area contributed by atoms with Crippen LogP contribution in [0.25, 0.3) is 11.3 Å². The molecule has 0 fully saturated rings. The fourth-order valence-corrected chi connectivity index (χ4v) is 3.47. The topological polar surface area (TPSA) is 59.3 Å². The van der Waals surface area contributed by atoms with Crippen molar-refractivity contribution in [3.05, 3.63) is 78.3 Å². The molecule has 0 bridgehead atoms. The molecule has 1 aliphatic heterocycles. The van der Waals surface area contributed by atoms with Crippen LogP contribution in [0.1, 0.15) is 38.1 Å². The van der Waals surface area contributed by atoms with Crippen LogP contribution in [0.4, 0.5) is 11.4 Å². The lowest BCUT2D eigenvalue weighted by molar-refractivity contribution is -0.112. The number of nitrogens with one attached hydrogen (secondary N) is 1. The zero-order chi connectivity index (χ0) is 22.2. The van der Waals surface area contributed by atoms with Crippen LogP contribution in [-0.2, 0) is 17.8 Å². The summed E-state index contributed by atoms with van der Waals surface area (Å²) in [5.74, 6) is 0.834. The van der Waals surface area contributed by atoms with E-state index in [0.717, 1.165) is 47.0 Å². The number of aromatic nitrogens is 2. The Bertz CT molecular complexity index is 1070. The molecule has 5 nitrogen and oxygen atoms in total. The summed E-state index contributed by atoms with van der Waals surface area (Å²) in [4.78, 5) is 21.8. The number of imidazole rings is 1. The summed E-state index contributed by atoms with van der Waals surface area (Å²) in [7, 11) is 0. The molecule has 1 aromatic heterocycles. The standard InChI is InChI=1S/C24H24N4O.C2H6/c1-17-9-3-5-11-20(17)25-15-18(2)24(29)27-21-12-6-4-10-19(21)22-16-28-14-8-7-13-23(28)26-22;1-2/h3-6,9-12,15-16H,2,7-8,13-14H2,1H3,(H,27,29);1-2H3. The Balaban J connectivity index is 0.00000132. The lowest BCUT2D eigenvalue weighted by atomic mass is 10.1. The third-order valence-electron chi connectivity index (χ3n) is 5.13. The van der Waals surface area contributed by atoms with E-state index in [1.807, 2.05) is 69.3 Å². The van der Waals surface area contributed by atoms with Gasteiger partial charge in [-0.1, -0.05) is 56.8 Å². The van der Waals surface area contributed by atoms with Gasteiger partial charge in [0.2, 0.25) is 0 Å². The van der Waals surface area contributed by atoms with Gasteiger partial charge in [0, 0.05) is 30.9 Å². The molecule has 160 valence electrons. The van der Waals surface area contributed by atoms with Gasteiger partial charge in [0.1, 0.15) is 5.82 Å². The molecule has 0 atom stereocenters. The SMILES string of the molecule is C=C(C=Nc1ccccc1C)C(=O)Nc1ccccc1-c1cn2c(n1)CCCC2.CC. The molecular formula is C26H30N4O. The van der Waals surface area contributed by atoms with E-state index >= 15 is 0 Å². The van der Waals surface area contributed by atoms with Gasteiger partial charge < -0.3 is 9.88 Å². The van der Waals surface area contributed by atoms with E-state index in [-0.39, 0.29) is 5.91 Å². The molecule has 0 spiro atoms. The van der Waals surface area contributed by atoms with Crippen LogP contribution in [0, 0.1) is 6.92 Å². The van der Waals surface area contributed by atoms with Crippen molar-refractivity contribution in [1.29, 1.82) is 0 Å². The van der Waals surface area contributed by atoms with Crippen molar-refractivity contribution in [3.8, 4) is 11.3 Å². The van der Waals surface area contributed by atoms with Gasteiger partial charge in [-0.3, -0.25) is 9.79 Å². The Hall–Kier alpha value is -3.47. The predicted octanol–water partition coefficient (Wildman–Crippen LogP) is 6.12. The van der Waals surface area contributed by atoms with Crippen LogP contribution in [0.15, 0.2) is 71.9 Å². The lowest BCUT2D eigenvalue weighted by Gasteiger charge is -2.11. The summed E-state index contributed by atoms with van der Waals surface area (Å²) in [6.07, 6.45) is 6.94. The highest BCUT2D eigenvalue weighted by atomic mass is 16.1. The van der Waals surface area contributed by atoms with E-state index in [1.54, 1.807) is 0 Å². The van der Waals surface area contributed by atoms with Crippen molar-refractivity contribution in [2.45, 2.75) is 46.6 Å². The molecule has 5 heteroatoms. The van der Waals surface area contributed by atoms with Gasteiger partial charge in [-0.15, -0.1) is 0 Å². The number of fused-ring (bicyclic) bond motifs is 1. The minimum atomic E-state index is -0.279.